The van der Waals surface area contributed by atoms with Gasteiger partial charge in [-0.15, -0.1) is 0 Å². The van der Waals surface area contributed by atoms with Gasteiger partial charge in [0.1, 0.15) is 5.75 Å². The van der Waals surface area contributed by atoms with Crippen LogP contribution in [0, 0.1) is 20.2 Å². The fourth-order valence-electron chi connectivity index (χ4n) is 3.07. The number of methoxy groups -OCH3 is 1. The number of aromatic nitrogens is 3. The first-order valence-corrected chi connectivity index (χ1v) is 10.8. The largest absolute Gasteiger partial charge is 0.502 e. The van der Waals surface area contributed by atoms with Crippen LogP contribution >= 0.6 is 0 Å². The SMILES string of the molecule is COc1ccc(Nc2nc(N/N=C/c3ccc(O)c([N+](=O)[O-])c3)nc(Nc3ccc([N+](=O)[O-])cc3)n2)cc1. The number of ether oxygens (including phenoxy) is 1. The van der Waals surface area contributed by atoms with Crippen LogP contribution in [0.4, 0.5) is 40.6 Å². The number of aromatic hydroxyl groups is 1. The lowest BCUT2D eigenvalue weighted by Crippen LogP contribution is -2.07. The highest BCUT2D eigenvalue weighted by Crippen LogP contribution is 2.26. The van der Waals surface area contributed by atoms with E-state index in [4.69, 9.17) is 4.74 Å². The second kappa shape index (κ2) is 11.3. The second-order valence-corrected chi connectivity index (χ2v) is 7.46. The Morgan fingerprint density at radius 3 is 1.97 bits per heavy atom. The monoisotopic (exact) mass is 517 g/mol. The average Bonchev–Trinajstić information content (AvgIpc) is 2.90. The van der Waals surface area contributed by atoms with E-state index in [1.807, 2.05) is 0 Å². The molecule has 0 amide bonds. The Morgan fingerprint density at radius 1 is 0.842 bits per heavy atom. The molecule has 0 spiro atoms. The summed E-state index contributed by atoms with van der Waals surface area (Å²) in [5.74, 6) is 0.465. The van der Waals surface area contributed by atoms with E-state index < -0.39 is 21.3 Å². The van der Waals surface area contributed by atoms with E-state index in [1.54, 1.807) is 31.4 Å². The lowest BCUT2D eigenvalue weighted by molar-refractivity contribution is -0.385. The molecule has 4 rings (SSSR count). The smallest absolute Gasteiger partial charge is 0.311 e. The molecule has 0 radical (unpaired) electrons. The summed E-state index contributed by atoms with van der Waals surface area (Å²) in [4.78, 5) is 33.6. The lowest BCUT2D eigenvalue weighted by Gasteiger charge is -2.10. The fourth-order valence-corrected chi connectivity index (χ4v) is 3.07. The summed E-state index contributed by atoms with van der Waals surface area (Å²) in [6.45, 7) is 0. The van der Waals surface area contributed by atoms with Crippen molar-refractivity contribution in [2.75, 3.05) is 23.2 Å². The number of nitrogens with one attached hydrogen (secondary N) is 3. The molecule has 0 fully saturated rings. The van der Waals surface area contributed by atoms with Gasteiger partial charge in [0.25, 0.3) is 5.69 Å². The highest BCUT2D eigenvalue weighted by atomic mass is 16.6. The molecule has 15 nitrogen and oxygen atoms in total. The molecule has 0 saturated carbocycles. The molecule has 15 heteroatoms. The first-order chi connectivity index (χ1) is 18.3. The number of nitro benzene ring substituents is 2. The number of hydrogen-bond acceptors (Lipinski definition) is 13. The van der Waals surface area contributed by atoms with E-state index in [2.05, 4.69) is 36.1 Å². The van der Waals surface area contributed by atoms with Crippen molar-refractivity contribution in [3.05, 3.63) is 92.5 Å². The first-order valence-electron chi connectivity index (χ1n) is 10.8. The van der Waals surface area contributed by atoms with Crippen molar-refractivity contribution in [2.45, 2.75) is 0 Å². The van der Waals surface area contributed by atoms with Crippen molar-refractivity contribution < 1.29 is 19.7 Å². The Bertz CT molecular complexity index is 1490. The third kappa shape index (κ3) is 6.42. The van der Waals surface area contributed by atoms with Crippen LogP contribution in [0.2, 0.25) is 0 Å². The average molecular weight is 517 g/mol. The van der Waals surface area contributed by atoms with Crippen LogP contribution in [0.3, 0.4) is 0 Å². The number of rotatable bonds is 10. The minimum Gasteiger partial charge on any atom is -0.502 e. The maximum absolute atomic E-state index is 11.0. The van der Waals surface area contributed by atoms with Crippen LogP contribution in [0.1, 0.15) is 5.56 Å². The molecular weight excluding hydrogens is 498 g/mol. The molecule has 38 heavy (non-hydrogen) atoms. The van der Waals surface area contributed by atoms with Crippen LogP contribution < -0.4 is 20.8 Å². The fraction of sp³-hybridized carbons (Fsp3) is 0.0435. The first kappa shape index (κ1) is 25.2. The van der Waals surface area contributed by atoms with E-state index in [0.717, 1.165) is 6.07 Å². The molecule has 0 atom stereocenters. The summed E-state index contributed by atoms with van der Waals surface area (Å²) in [7, 11) is 1.55. The molecule has 0 aliphatic carbocycles. The van der Waals surface area contributed by atoms with Crippen molar-refractivity contribution in [3.8, 4) is 11.5 Å². The molecule has 4 N–H and O–H groups in total. The zero-order valence-electron chi connectivity index (χ0n) is 19.6. The summed E-state index contributed by atoms with van der Waals surface area (Å²) in [6, 6.07) is 16.5. The standard InChI is InChI=1S/C23H19N9O6/c1-38-18-9-5-16(6-10-18)26-22-27-21(25-15-3-7-17(8-4-15)31(34)35)28-23(29-22)30-24-13-14-2-11-20(33)19(12-14)32(36)37/h2-13,33H,1H3,(H3,25,26,27,28,29,30)/b24-13+. The quantitative estimate of drug-likeness (QED) is 0.132. The van der Waals surface area contributed by atoms with Gasteiger partial charge in [-0.3, -0.25) is 20.2 Å². The van der Waals surface area contributed by atoms with Gasteiger partial charge in [-0.25, -0.2) is 5.43 Å². The van der Waals surface area contributed by atoms with E-state index in [-0.39, 0.29) is 23.5 Å². The lowest BCUT2D eigenvalue weighted by atomic mass is 10.2. The van der Waals surface area contributed by atoms with Gasteiger partial charge in [0, 0.05) is 35.1 Å². The van der Waals surface area contributed by atoms with Crippen molar-refractivity contribution in [1.29, 1.82) is 0 Å². The molecular formula is C23H19N9O6. The van der Waals surface area contributed by atoms with Gasteiger partial charge in [-0.1, -0.05) is 0 Å². The summed E-state index contributed by atoms with van der Waals surface area (Å²) in [5.41, 5.74) is 3.59. The maximum Gasteiger partial charge on any atom is 0.311 e. The van der Waals surface area contributed by atoms with Gasteiger partial charge in [0.2, 0.25) is 17.8 Å². The third-order valence-electron chi connectivity index (χ3n) is 4.89. The predicted molar refractivity (Wildman–Crippen MR) is 138 cm³/mol. The number of benzene rings is 3. The van der Waals surface area contributed by atoms with Gasteiger partial charge < -0.3 is 20.5 Å². The number of hydrazone groups is 1. The molecule has 192 valence electrons. The summed E-state index contributed by atoms with van der Waals surface area (Å²) in [5, 5.41) is 41.6. The van der Waals surface area contributed by atoms with E-state index in [0.29, 0.717) is 22.7 Å². The van der Waals surface area contributed by atoms with Gasteiger partial charge in [0.15, 0.2) is 5.75 Å². The Labute approximate surface area is 214 Å². The van der Waals surface area contributed by atoms with Crippen molar-refractivity contribution in [3.63, 3.8) is 0 Å². The Balaban J connectivity index is 1.58. The normalized spacial score (nSPS) is 10.7. The van der Waals surface area contributed by atoms with E-state index >= 15 is 0 Å². The minimum atomic E-state index is -0.709. The molecule has 0 unspecified atom stereocenters. The molecule has 1 aromatic heterocycles. The Kier molecular flexibility index (Phi) is 7.47. The summed E-state index contributed by atoms with van der Waals surface area (Å²) >= 11 is 0. The van der Waals surface area contributed by atoms with Gasteiger partial charge in [-0.2, -0.15) is 20.1 Å². The highest BCUT2D eigenvalue weighted by molar-refractivity contribution is 5.82. The molecule has 1 heterocycles. The molecule has 0 aliphatic rings. The van der Waals surface area contributed by atoms with Crippen LogP contribution in [0.25, 0.3) is 0 Å². The van der Waals surface area contributed by atoms with Gasteiger partial charge in [0.05, 0.1) is 23.2 Å². The van der Waals surface area contributed by atoms with E-state index in [1.165, 1.54) is 42.6 Å². The number of phenols is 1. The number of nitrogens with zero attached hydrogens (tertiary/aromatic N) is 6. The van der Waals surface area contributed by atoms with Crippen LogP contribution in [-0.2, 0) is 0 Å². The molecule has 0 saturated heterocycles. The number of phenolic OH excluding ortho intramolecular Hbond substituents is 1. The number of non-ortho nitro benzene ring substituents is 1. The summed E-state index contributed by atoms with van der Waals surface area (Å²) < 4.78 is 5.16. The van der Waals surface area contributed by atoms with Crippen molar-refractivity contribution >= 4 is 46.8 Å². The molecule has 0 aliphatic heterocycles. The third-order valence-corrected chi connectivity index (χ3v) is 4.89. The summed E-state index contributed by atoms with van der Waals surface area (Å²) in [6.07, 6.45) is 1.29. The Hall–Kier alpha value is -5.86. The second-order valence-electron chi connectivity index (χ2n) is 7.46. The van der Waals surface area contributed by atoms with Gasteiger partial charge in [-0.05, 0) is 48.5 Å². The van der Waals surface area contributed by atoms with Crippen LogP contribution in [0.5, 0.6) is 11.5 Å². The van der Waals surface area contributed by atoms with Crippen molar-refractivity contribution in [1.82, 2.24) is 15.0 Å². The number of nitro groups is 2. The maximum atomic E-state index is 11.0. The molecule has 0 bridgehead atoms. The minimum absolute atomic E-state index is 0.0185. The Morgan fingerprint density at radius 2 is 1.42 bits per heavy atom. The zero-order valence-corrected chi connectivity index (χ0v) is 19.6. The molecule has 3 aromatic carbocycles. The van der Waals surface area contributed by atoms with Crippen molar-refractivity contribution in [2.24, 2.45) is 5.10 Å². The number of hydrogen-bond donors (Lipinski definition) is 4. The van der Waals surface area contributed by atoms with Crippen LogP contribution in [0.15, 0.2) is 71.8 Å². The van der Waals surface area contributed by atoms with Crippen LogP contribution in [-0.4, -0.2) is 43.2 Å². The van der Waals surface area contributed by atoms with E-state index in [9.17, 15) is 25.3 Å². The zero-order chi connectivity index (χ0) is 27.1. The highest BCUT2D eigenvalue weighted by Gasteiger charge is 2.13. The van der Waals surface area contributed by atoms with Gasteiger partial charge >= 0.3 is 5.69 Å². The molecule has 4 aromatic rings. The topological polar surface area (TPSA) is 203 Å². The predicted octanol–water partition coefficient (Wildman–Crippen LogP) is 4.34. The number of anilines is 5.